The molecule has 0 spiro atoms. The van der Waals surface area contributed by atoms with Crippen LogP contribution >= 0.6 is 11.6 Å². The van der Waals surface area contributed by atoms with E-state index in [1.165, 1.54) is 0 Å². The van der Waals surface area contributed by atoms with Crippen molar-refractivity contribution < 1.29 is 9.53 Å². The fourth-order valence-corrected chi connectivity index (χ4v) is 3.09. The van der Waals surface area contributed by atoms with Crippen molar-refractivity contribution >= 4 is 17.5 Å². The summed E-state index contributed by atoms with van der Waals surface area (Å²) in [5, 5.41) is 7.65. The van der Waals surface area contributed by atoms with Gasteiger partial charge in [-0.1, -0.05) is 17.7 Å². The molecular formula is C17H20ClN3O2. The second kappa shape index (κ2) is 7.04. The summed E-state index contributed by atoms with van der Waals surface area (Å²) >= 11 is 6.07. The maximum atomic E-state index is 12.4. The van der Waals surface area contributed by atoms with Gasteiger partial charge in [-0.25, -0.2) is 0 Å². The van der Waals surface area contributed by atoms with Gasteiger partial charge in [-0.05, 0) is 38.0 Å². The van der Waals surface area contributed by atoms with Crippen LogP contribution in [-0.2, 0) is 4.79 Å². The van der Waals surface area contributed by atoms with E-state index in [0.29, 0.717) is 23.2 Å². The topological polar surface area (TPSA) is 58.2 Å². The van der Waals surface area contributed by atoms with E-state index < -0.39 is 0 Å². The second-order valence-corrected chi connectivity index (χ2v) is 6.25. The third-order valence-electron chi connectivity index (χ3n) is 4.31. The number of hydrogen-bond donors (Lipinski definition) is 1. The number of halogens is 1. The van der Waals surface area contributed by atoms with Crippen LogP contribution in [0.1, 0.15) is 30.0 Å². The molecule has 2 aromatic rings. The van der Waals surface area contributed by atoms with Crippen LogP contribution in [0.5, 0.6) is 5.75 Å². The Morgan fingerprint density at radius 3 is 3.13 bits per heavy atom. The van der Waals surface area contributed by atoms with Crippen molar-refractivity contribution in [1.29, 1.82) is 0 Å². The van der Waals surface area contributed by atoms with Gasteiger partial charge < -0.3 is 9.64 Å². The molecule has 5 nitrogen and oxygen atoms in total. The van der Waals surface area contributed by atoms with E-state index >= 15 is 0 Å². The number of amides is 1. The fraction of sp³-hybridized carbons (Fsp3) is 0.412. The van der Waals surface area contributed by atoms with Gasteiger partial charge in [0.25, 0.3) is 5.91 Å². The number of hydrogen-bond acceptors (Lipinski definition) is 3. The number of nitrogens with one attached hydrogen (secondary N) is 1. The first-order valence-electron chi connectivity index (χ1n) is 7.80. The molecule has 1 atom stereocenters. The summed E-state index contributed by atoms with van der Waals surface area (Å²) in [6.45, 7) is 3.41. The highest BCUT2D eigenvalue weighted by atomic mass is 35.5. The highest BCUT2D eigenvalue weighted by molar-refractivity contribution is 6.31. The van der Waals surface area contributed by atoms with Gasteiger partial charge in [-0.2, -0.15) is 5.10 Å². The zero-order valence-electron chi connectivity index (χ0n) is 13.1. The van der Waals surface area contributed by atoms with Crippen LogP contribution in [0, 0.1) is 6.92 Å². The number of aromatic amines is 1. The lowest BCUT2D eigenvalue weighted by Gasteiger charge is -2.32. The van der Waals surface area contributed by atoms with Crippen LogP contribution in [0.15, 0.2) is 30.5 Å². The average molecular weight is 334 g/mol. The maximum Gasteiger partial charge on any atom is 0.260 e. The summed E-state index contributed by atoms with van der Waals surface area (Å²) in [6, 6.07) is 7.44. The third kappa shape index (κ3) is 3.67. The van der Waals surface area contributed by atoms with E-state index in [2.05, 4.69) is 10.2 Å². The Labute approximate surface area is 140 Å². The monoisotopic (exact) mass is 333 g/mol. The number of benzene rings is 1. The van der Waals surface area contributed by atoms with Crippen LogP contribution in [0.4, 0.5) is 0 Å². The molecule has 0 bridgehead atoms. The van der Waals surface area contributed by atoms with Crippen LogP contribution in [0.3, 0.4) is 0 Å². The highest BCUT2D eigenvalue weighted by Gasteiger charge is 2.25. The van der Waals surface area contributed by atoms with Gasteiger partial charge in [-0.15, -0.1) is 0 Å². The van der Waals surface area contributed by atoms with Gasteiger partial charge in [0.1, 0.15) is 5.75 Å². The van der Waals surface area contributed by atoms with Crippen LogP contribution < -0.4 is 4.74 Å². The lowest BCUT2D eigenvalue weighted by atomic mass is 9.95. The Balaban J connectivity index is 1.58. The van der Waals surface area contributed by atoms with Gasteiger partial charge in [0.2, 0.25) is 0 Å². The fourth-order valence-electron chi connectivity index (χ4n) is 2.93. The summed E-state index contributed by atoms with van der Waals surface area (Å²) in [6.07, 6.45) is 3.81. The molecular weight excluding hydrogens is 314 g/mol. The molecule has 122 valence electrons. The number of carbonyl (C=O) groups is 1. The Kier molecular flexibility index (Phi) is 4.86. The van der Waals surface area contributed by atoms with Crippen molar-refractivity contribution in [3.8, 4) is 5.75 Å². The molecule has 23 heavy (non-hydrogen) atoms. The molecule has 0 radical (unpaired) electrons. The molecule has 0 saturated carbocycles. The first kappa shape index (κ1) is 15.9. The van der Waals surface area contributed by atoms with Gasteiger partial charge in [0.05, 0.1) is 0 Å². The summed E-state index contributed by atoms with van der Waals surface area (Å²) in [5.74, 6) is 0.990. The average Bonchev–Trinajstić information content (AvgIpc) is 3.10. The zero-order chi connectivity index (χ0) is 16.2. The minimum absolute atomic E-state index is 0.00795. The number of likely N-dealkylation sites (tertiary alicyclic amines) is 1. The first-order valence-corrected chi connectivity index (χ1v) is 8.18. The molecule has 1 amide bonds. The molecule has 3 rings (SSSR count). The third-order valence-corrected chi connectivity index (χ3v) is 4.71. The maximum absolute atomic E-state index is 12.4. The predicted molar refractivity (Wildman–Crippen MR) is 88.8 cm³/mol. The van der Waals surface area contributed by atoms with Gasteiger partial charge in [0, 0.05) is 41.5 Å². The lowest BCUT2D eigenvalue weighted by Crippen LogP contribution is -2.41. The lowest BCUT2D eigenvalue weighted by molar-refractivity contribution is -0.134. The predicted octanol–water partition coefficient (Wildman–Crippen LogP) is 3.16. The van der Waals surface area contributed by atoms with Gasteiger partial charge in [0.15, 0.2) is 6.61 Å². The van der Waals surface area contributed by atoms with Crippen LogP contribution in [-0.4, -0.2) is 40.7 Å². The molecule has 1 aliphatic heterocycles. The number of aromatic nitrogens is 2. The van der Waals surface area contributed by atoms with Gasteiger partial charge in [-0.3, -0.25) is 9.89 Å². The van der Waals surface area contributed by atoms with Crippen molar-refractivity contribution in [2.45, 2.75) is 25.7 Å². The summed E-state index contributed by atoms with van der Waals surface area (Å²) < 4.78 is 5.66. The van der Waals surface area contributed by atoms with Crippen molar-refractivity contribution in [3.63, 3.8) is 0 Å². The number of carbonyl (C=O) groups excluding carboxylic acids is 1. The Morgan fingerprint density at radius 2 is 2.35 bits per heavy atom. The first-order chi connectivity index (χ1) is 11.1. The number of ether oxygens (including phenoxy) is 1. The summed E-state index contributed by atoms with van der Waals surface area (Å²) in [7, 11) is 0. The number of nitrogens with zero attached hydrogens (tertiary/aromatic N) is 2. The van der Waals surface area contributed by atoms with Crippen LogP contribution in [0.25, 0.3) is 0 Å². The summed E-state index contributed by atoms with van der Waals surface area (Å²) in [4.78, 5) is 14.3. The SMILES string of the molecule is Cc1c(Cl)cccc1OCC(=O)N1CCC[C@@H](c2ccn[nH]2)C1. The van der Waals surface area contributed by atoms with Crippen molar-refractivity contribution in [3.05, 3.63) is 46.7 Å². The Bertz CT molecular complexity index is 672. The summed E-state index contributed by atoms with van der Waals surface area (Å²) in [5.41, 5.74) is 1.95. The zero-order valence-corrected chi connectivity index (χ0v) is 13.8. The van der Waals surface area contributed by atoms with Crippen LogP contribution in [0.2, 0.25) is 5.02 Å². The number of piperidine rings is 1. The quantitative estimate of drug-likeness (QED) is 0.935. The Morgan fingerprint density at radius 1 is 1.48 bits per heavy atom. The highest BCUT2D eigenvalue weighted by Crippen LogP contribution is 2.27. The van der Waals surface area contributed by atoms with Crippen molar-refractivity contribution in [2.24, 2.45) is 0 Å². The largest absolute Gasteiger partial charge is 0.483 e. The molecule has 1 aromatic carbocycles. The number of rotatable bonds is 4. The van der Waals surface area contributed by atoms with E-state index in [-0.39, 0.29) is 12.5 Å². The molecule has 0 aliphatic carbocycles. The minimum Gasteiger partial charge on any atom is -0.483 e. The normalized spacial score (nSPS) is 18.0. The second-order valence-electron chi connectivity index (χ2n) is 5.84. The molecule has 6 heteroatoms. The van der Waals surface area contributed by atoms with E-state index in [1.807, 2.05) is 36.1 Å². The standard InChI is InChI=1S/C17H20ClN3O2/c1-12-14(18)5-2-6-16(12)23-11-17(22)21-9-3-4-13(10-21)15-7-8-19-20-15/h2,5-8,13H,3-4,9-11H2,1H3,(H,19,20)/t13-/m1/s1. The Hall–Kier alpha value is -2.01. The van der Waals surface area contributed by atoms with E-state index in [0.717, 1.165) is 30.6 Å². The van der Waals surface area contributed by atoms with E-state index in [1.54, 1.807) is 6.20 Å². The molecule has 1 fully saturated rings. The molecule has 2 heterocycles. The molecule has 1 N–H and O–H groups in total. The van der Waals surface area contributed by atoms with Crippen molar-refractivity contribution in [1.82, 2.24) is 15.1 Å². The van der Waals surface area contributed by atoms with E-state index in [9.17, 15) is 4.79 Å². The number of H-pyrrole nitrogens is 1. The molecule has 1 aromatic heterocycles. The molecule has 1 aliphatic rings. The smallest absolute Gasteiger partial charge is 0.260 e. The van der Waals surface area contributed by atoms with Gasteiger partial charge >= 0.3 is 0 Å². The van der Waals surface area contributed by atoms with E-state index in [4.69, 9.17) is 16.3 Å². The molecule has 1 saturated heterocycles. The van der Waals surface area contributed by atoms with Crippen molar-refractivity contribution in [2.75, 3.05) is 19.7 Å². The molecule has 0 unspecified atom stereocenters. The minimum atomic E-state index is 0.00795.